The molecule has 0 aliphatic heterocycles. The molecule has 0 amide bonds. The third-order valence-corrected chi connectivity index (χ3v) is 5.08. The summed E-state index contributed by atoms with van der Waals surface area (Å²) >= 11 is 0. The molecule has 1 aromatic carbocycles. The van der Waals surface area contributed by atoms with Crippen LogP contribution in [-0.4, -0.2) is 18.7 Å². The van der Waals surface area contributed by atoms with Gasteiger partial charge in [-0.1, -0.05) is 51.9 Å². The minimum Gasteiger partial charge on any atom is -0.491 e. The van der Waals surface area contributed by atoms with Crippen molar-refractivity contribution < 1.29 is 14.3 Å². The van der Waals surface area contributed by atoms with Crippen molar-refractivity contribution in [2.45, 2.75) is 90.1 Å². The fraction of sp³-hybridized carbons (Fsp3) is 0.682. The van der Waals surface area contributed by atoms with Crippen LogP contribution in [0.1, 0.15) is 94.3 Å². The summed E-state index contributed by atoms with van der Waals surface area (Å²) in [7, 11) is 0. The molecule has 0 spiro atoms. The van der Waals surface area contributed by atoms with E-state index in [1.807, 2.05) is 0 Å². The molecule has 0 radical (unpaired) electrons. The van der Waals surface area contributed by atoms with Crippen molar-refractivity contribution in [3.63, 3.8) is 0 Å². The van der Waals surface area contributed by atoms with Gasteiger partial charge in [0.15, 0.2) is 0 Å². The Labute approximate surface area is 158 Å². The molecule has 1 aliphatic carbocycles. The number of benzene rings is 1. The molecule has 4 heteroatoms. The molecule has 1 aliphatic rings. The highest BCUT2D eigenvalue weighted by molar-refractivity contribution is 5.90. The maximum Gasteiger partial charge on any atom is 0.338 e. The summed E-state index contributed by atoms with van der Waals surface area (Å²) in [6, 6.07) is 5.18. The van der Waals surface area contributed by atoms with E-state index in [-0.39, 0.29) is 12.1 Å². The van der Waals surface area contributed by atoms with Gasteiger partial charge in [-0.2, -0.15) is 0 Å². The van der Waals surface area contributed by atoms with Crippen LogP contribution in [0.2, 0.25) is 0 Å². The maximum absolute atomic E-state index is 12.4. The number of esters is 1. The first-order valence-corrected chi connectivity index (χ1v) is 10.4. The lowest BCUT2D eigenvalue weighted by atomic mass is 9.98. The summed E-state index contributed by atoms with van der Waals surface area (Å²) in [5, 5.41) is 0. The Bertz CT molecular complexity index is 538. The van der Waals surface area contributed by atoms with E-state index in [0.29, 0.717) is 23.6 Å². The number of rotatable bonds is 11. The van der Waals surface area contributed by atoms with E-state index in [4.69, 9.17) is 15.2 Å². The molecule has 0 aromatic heterocycles. The molecular formula is C22H35NO3. The first-order chi connectivity index (χ1) is 12.7. The fourth-order valence-electron chi connectivity index (χ4n) is 3.43. The molecule has 1 fully saturated rings. The third kappa shape index (κ3) is 7.27. The largest absolute Gasteiger partial charge is 0.491 e. The standard InChI is InChI=1S/C22H35NO3/c1-2-3-4-5-6-7-11-16-25-21-17-18(14-15-20(21)23)22(24)26-19-12-9-8-10-13-19/h14-15,17,19H,2-13,16,23H2,1H3. The summed E-state index contributed by atoms with van der Waals surface area (Å²) in [6.07, 6.45) is 14.2. The van der Waals surface area contributed by atoms with E-state index in [9.17, 15) is 4.79 Å². The van der Waals surface area contributed by atoms with Gasteiger partial charge in [-0.3, -0.25) is 0 Å². The third-order valence-electron chi connectivity index (χ3n) is 5.08. The lowest BCUT2D eigenvalue weighted by molar-refractivity contribution is 0.0211. The van der Waals surface area contributed by atoms with Crippen LogP contribution in [0.15, 0.2) is 18.2 Å². The smallest absolute Gasteiger partial charge is 0.338 e. The lowest BCUT2D eigenvalue weighted by Crippen LogP contribution is -2.21. The molecule has 0 atom stereocenters. The van der Waals surface area contributed by atoms with Crippen molar-refractivity contribution >= 4 is 11.7 Å². The van der Waals surface area contributed by atoms with Gasteiger partial charge in [-0.25, -0.2) is 4.79 Å². The highest BCUT2D eigenvalue weighted by Crippen LogP contribution is 2.26. The molecule has 1 saturated carbocycles. The van der Waals surface area contributed by atoms with Crippen molar-refractivity contribution in [3.05, 3.63) is 23.8 Å². The maximum atomic E-state index is 12.4. The Hall–Kier alpha value is -1.71. The van der Waals surface area contributed by atoms with Gasteiger partial charge in [0.1, 0.15) is 11.9 Å². The lowest BCUT2D eigenvalue weighted by Gasteiger charge is -2.22. The highest BCUT2D eigenvalue weighted by atomic mass is 16.5. The van der Waals surface area contributed by atoms with Gasteiger partial charge in [0.25, 0.3) is 0 Å². The number of ether oxygens (including phenoxy) is 2. The predicted octanol–water partition coefficient (Wildman–Crippen LogP) is 5.89. The number of carbonyl (C=O) groups is 1. The minimum absolute atomic E-state index is 0.0610. The van der Waals surface area contributed by atoms with Crippen molar-refractivity contribution in [1.82, 2.24) is 0 Å². The Balaban J connectivity index is 1.74. The number of nitrogens with two attached hydrogens (primary N) is 1. The molecule has 2 N–H and O–H groups in total. The van der Waals surface area contributed by atoms with E-state index in [0.717, 1.165) is 32.1 Å². The van der Waals surface area contributed by atoms with Crippen molar-refractivity contribution in [3.8, 4) is 5.75 Å². The van der Waals surface area contributed by atoms with E-state index in [1.54, 1.807) is 18.2 Å². The average Bonchev–Trinajstić information content (AvgIpc) is 2.66. The molecule has 0 unspecified atom stereocenters. The number of carbonyl (C=O) groups excluding carboxylic acids is 1. The molecule has 2 rings (SSSR count). The fourth-order valence-corrected chi connectivity index (χ4v) is 3.43. The molecule has 0 saturated heterocycles. The first-order valence-electron chi connectivity index (χ1n) is 10.4. The monoisotopic (exact) mass is 361 g/mol. The topological polar surface area (TPSA) is 61.5 Å². The molecule has 0 heterocycles. The second-order valence-corrected chi connectivity index (χ2v) is 7.39. The van der Waals surface area contributed by atoms with Crippen LogP contribution in [0.5, 0.6) is 5.75 Å². The van der Waals surface area contributed by atoms with Gasteiger partial charge in [0.05, 0.1) is 17.9 Å². The Morgan fingerprint density at radius 2 is 1.73 bits per heavy atom. The quantitative estimate of drug-likeness (QED) is 0.303. The Morgan fingerprint density at radius 3 is 2.46 bits per heavy atom. The molecular weight excluding hydrogens is 326 g/mol. The van der Waals surface area contributed by atoms with E-state index < -0.39 is 0 Å². The Morgan fingerprint density at radius 1 is 1.04 bits per heavy atom. The van der Waals surface area contributed by atoms with Gasteiger partial charge >= 0.3 is 5.97 Å². The van der Waals surface area contributed by atoms with Crippen LogP contribution in [0, 0.1) is 0 Å². The van der Waals surface area contributed by atoms with Crippen LogP contribution in [0.25, 0.3) is 0 Å². The molecule has 1 aromatic rings. The number of nitrogen functional groups attached to an aromatic ring is 1. The zero-order valence-electron chi connectivity index (χ0n) is 16.3. The van der Waals surface area contributed by atoms with Crippen LogP contribution in [-0.2, 0) is 4.74 Å². The zero-order chi connectivity index (χ0) is 18.6. The van der Waals surface area contributed by atoms with Gasteiger partial charge in [0, 0.05) is 0 Å². The molecule has 146 valence electrons. The number of anilines is 1. The van der Waals surface area contributed by atoms with Crippen LogP contribution in [0.3, 0.4) is 0 Å². The summed E-state index contributed by atoms with van der Waals surface area (Å²) in [5.74, 6) is 0.326. The summed E-state index contributed by atoms with van der Waals surface area (Å²) in [6.45, 7) is 2.87. The first kappa shape index (κ1) is 20.6. The van der Waals surface area contributed by atoms with E-state index >= 15 is 0 Å². The van der Waals surface area contributed by atoms with Crippen molar-refractivity contribution in [1.29, 1.82) is 0 Å². The van der Waals surface area contributed by atoms with Gasteiger partial charge in [-0.05, 0) is 50.3 Å². The summed E-state index contributed by atoms with van der Waals surface area (Å²) in [5.41, 5.74) is 7.09. The van der Waals surface area contributed by atoms with Crippen molar-refractivity contribution in [2.24, 2.45) is 0 Å². The number of hydrogen-bond acceptors (Lipinski definition) is 4. The second kappa shape index (κ2) is 11.8. The van der Waals surface area contributed by atoms with E-state index in [1.165, 1.54) is 44.9 Å². The normalized spacial score (nSPS) is 15.0. The summed E-state index contributed by atoms with van der Waals surface area (Å²) in [4.78, 5) is 12.4. The van der Waals surface area contributed by atoms with Gasteiger partial charge in [-0.15, -0.1) is 0 Å². The van der Waals surface area contributed by atoms with Crippen LogP contribution >= 0.6 is 0 Å². The predicted molar refractivity (Wildman–Crippen MR) is 107 cm³/mol. The highest BCUT2D eigenvalue weighted by Gasteiger charge is 2.19. The van der Waals surface area contributed by atoms with E-state index in [2.05, 4.69) is 6.92 Å². The average molecular weight is 362 g/mol. The second-order valence-electron chi connectivity index (χ2n) is 7.39. The molecule has 4 nitrogen and oxygen atoms in total. The molecule has 26 heavy (non-hydrogen) atoms. The Kier molecular flexibility index (Phi) is 9.36. The summed E-state index contributed by atoms with van der Waals surface area (Å²) < 4.78 is 11.4. The SMILES string of the molecule is CCCCCCCCCOc1cc(C(=O)OC2CCCCC2)ccc1N. The van der Waals surface area contributed by atoms with Crippen LogP contribution < -0.4 is 10.5 Å². The number of unbranched alkanes of at least 4 members (excludes halogenated alkanes) is 6. The number of hydrogen-bond donors (Lipinski definition) is 1. The molecule has 0 bridgehead atoms. The minimum atomic E-state index is -0.266. The van der Waals surface area contributed by atoms with Gasteiger partial charge < -0.3 is 15.2 Å². The van der Waals surface area contributed by atoms with Crippen molar-refractivity contribution in [2.75, 3.05) is 12.3 Å². The van der Waals surface area contributed by atoms with Crippen LogP contribution in [0.4, 0.5) is 5.69 Å². The zero-order valence-corrected chi connectivity index (χ0v) is 16.3. The van der Waals surface area contributed by atoms with Gasteiger partial charge in [0.2, 0.25) is 0 Å².